The van der Waals surface area contributed by atoms with Gasteiger partial charge in [-0.3, -0.25) is 9.59 Å². The molecule has 0 fully saturated rings. The minimum atomic E-state index is -0.813. The van der Waals surface area contributed by atoms with Gasteiger partial charge in [-0.1, -0.05) is 39.8 Å². The average molecular weight is 907 g/mol. The van der Waals surface area contributed by atoms with E-state index in [0.29, 0.717) is 56.8 Å². The Balaban J connectivity index is 0.000000236. The Bertz CT molecular complexity index is 2030. The van der Waals surface area contributed by atoms with Crippen LogP contribution in [0.15, 0.2) is 47.5 Å². The second-order valence-corrected chi connectivity index (χ2v) is 20.5. The van der Waals surface area contributed by atoms with E-state index in [0.717, 1.165) is 57.1 Å². The van der Waals surface area contributed by atoms with E-state index in [9.17, 15) is 28.0 Å². The number of carboxylic acid groups (broad SMARTS) is 1. The zero-order chi connectivity index (χ0) is 48.1. The summed E-state index contributed by atoms with van der Waals surface area (Å²) in [6.45, 7) is 22.4. The third-order valence-corrected chi connectivity index (χ3v) is 11.6. The van der Waals surface area contributed by atoms with Gasteiger partial charge >= 0.3 is 18.2 Å². The number of carbonyl (C=O) groups is 4. The Morgan fingerprint density at radius 2 is 1.22 bits per heavy atom. The molecule has 0 aromatic heterocycles. The molecule has 360 valence electrons. The molecule has 65 heavy (non-hydrogen) atoms. The van der Waals surface area contributed by atoms with Crippen LogP contribution in [0.3, 0.4) is 0 Å². The Morgan fingerprint density at radius 3 is 1.71 bits per heavy atom. The molecule has 0 spiro atoms. The van der Waals surface area contributed by atoms with E-state index in [-0.39, 0.29) is 30.0 Å². The van der Waals surface area contributed by atoms with Crippen LogP contribution in [0.5, 0.6) is 0 Å². The molecule has 0 saturated heterocycles. The van der Waals surface area contributed by atoms with Crippen molar-refractivity contribution in [2.75, 3.05) is 26.2 Å². The third-order valence-electron chi connectivity index (χ3n) is 11.6. The fourth-order valence-corrected chi connectivity index (χ4v) is 8.92. The van der Waals surface area contributed by atoms with E-state index < -0.39 is 29.4 Å². The molecular formula is C52H76F2N4O7. The highest BCUT2D eigenvalue weighted by Crippen LogP contribution is 2.43. The molecule has 6 rings (SSSR count). The van der Waals surface area contributed by atoms with Crippen molar-refractivity contribution < 1.29 is 42.5 Å². The maximum absolute atomic E-state index is 13.8. The van der Waals surface area contributed by atoms with Crippen LogP contribution >= 0.6 is 0 Å². The second-order valence-electron chi connectivity index (χ2n) is 20.5. The number of aliphatic carboxylic acids is 1. The molecule has 0 bridgehead atoms. The molecule has 2 heterocycles. The lowest BCUT2D eigenvalue weighted by molar-refractivity contribution is -0.137. The zero-order valence-electron chi connectivity index (χ0n) is 40.7. The van der Waals surface area contributed by atoms with Gasteiger partial charge in [-0.05, 0) is 193 Å². The molecule has 13 heteroatoms. The van der Waals surface area contributed by atoms with E-state index in [2.05, 4.69) is 43.6 Å². The highest BCUT2D eigenvalue weighted by atomic mass is 19.1. The highest BCUT2D eigenvalue weighted by Gasteiger charge is 2.37. The van der Waals surface area contributed by atoms with Crippen LogP contribution in [0.2, 0.25) is 0 Å². The number of nitrogens with one attached hydrogen (secondary N) is 3. The van der Waals surface area contributed by atoms with Crippen molar-refractivity contribution in [3.8, 4) is 0 Å². The van der Waals surface area contributed by atoms with Crippen molar-refractivity contribution in [2.24, 2.45) is 11.8 Å². The number of fused-ring (bicyclic) bond motifs is 4. The highest BCUT2D eigenvalue weighted by molar-refractivity contribution is 5.83. The van der Waals surface area contributed by atoms with Gasteiger partial charge in [-0.15, -0.1) is 0 Å². The van der Waals surface area contributed by atoms with Crippen LogP contribution in [0.1, 0.15) is 156 Å². The van der Waals surface area contributed by atoms with Crippen LogP contribution < -0.4 is 16.0 Å². The first-order valence-corrected chi connectivity index (χ1v) is 23.7. The van der Waals surface area contributed by atoms with Crippen molar-refractivity contribution in [1.29, 1.82) is 0 Å². The van der Waals surface area contributed by atoms with Crippen LogP contribution in [0.25, 0.3) is 11.1 Å². The Morgan fingerprint density at radius 1 is 0.723 bits per heavy atom. The first kappa shape index (κ1) is 52.8. The maximum Gasteiger partial charge on any atom is 0.407 e. The summed E-state index contributed by atoms with van der Waals surface area (Å²) in [7, 11) is 0. The van der Waals surface area contributed by atoms with Gasteiger partial charge in [0.15, 0.2) is 0 Å². The van der Waals surface area contributed by atoms with Crippen LogP contribution in [-0.4, -0.2) is 83.5 Å². The van der Waals surface area contributed by atoms with Gasteiger partial charge in [0.25, 0.3) is 0 Å². The van der Waals surface area contributed by atoms with Crippen LogP contribution in [0.4, 0.5) is 18.4 Å². The van der Waals surface area contributed by atoms with Crippen LogP contribution in [-0.2, 0) is 31.9 Å². The van der Waals surface area contributed by atoms with Gasteiger partial charge in [0.1, 0.15) is 22.8 Å². The Labute approximate surface area is 386 Å². The fourth-order valence-electron chi connectivity index (χ4n) is 8.92. The number of nitrogens with zero attached hydrogens (tertiary/aromatic N) is 1. The average Bonchev–Trinajstić information content (AvgIpc) is 3.75. The van der Waals surface area contributed by atoms with Gasteiger partial charge in [0, 0.05) is 38.5 Å². The summed E-state index contributed by atoms with van der Waals surface area (Å²) in [5, 5.41) is 17.3. The quantitative estimate of drug-likeness (QED) is 0.137. The smallest absolute Gasteiger partial charge is 0.407 e. The van der Waals surface area contributed by atoms with Crippen molar-refractivity contribution in [2.45, 2.75) is 170 Å². The molecule has 11 nitrogen and oxygen atoms in total. The lowest BCUT2D eigenvalue weighted by Crippen LogP contribution is -2.45. The van der Waals surface area contributed by atoms with E-state index >= 15 is 0 Å². The molecule has 4 aliphatic rings. The van der Waals surface area contributed by atoms with Gasteiger partial charge in [0.2, 0.25) is 5.91 Å². The predicted molar refractivity (Wildman–Crippen MR) is 253 cm³/mol. The zero-order valence-corrected chi connectivity index (χ0v) is 40.7. The number of hydrogen-bond donors (Lipinski definition) is 4. The van der Waals surface area contributed by atoms with Gasteiger partial charge in [-0.2, -0.15) is 0 Å². The summed E-state index contributed by atoms with van der Waals surface area (Å²) in [4.78, 5) is 48.2. The first-order valence-electron chi connectivity index (χ1n) is 23.7. The van der Waals surface area contributed by atoms with Crippen molar-refractivity contribution >= 4 is 35.2 Å². The lowest BCUT2D eigenvalue weighted by Gasteiger charge is -2.38. The number of carbonyl (C=O) groups excluding carboxylic acids is 3. The molecule has 4 N–H and O–H groups in total. The number of carboxylic acids is 1. The predicted octanol–water partition coefficient (Wildman–Crippen LogP) is 10.8. The molecule has 2 aromatic rings. The topological polar surface area (TPSA) is 146 Å². The molecule has 2 aliphatic heterocycles. The van der Waals surface area contributed by atoms with Crippen molar-refractivity contribution in [3.05, 3.63) is 81.4 Å². The van der Waals surface area contributed by atoms with E-state index in [4.69, 9.17) is 14.6 Å². The Kier molecular flexibility index (Phi) is 19.6. The van der Waals surface area contributed by atoms with E-state index in [1.54, 1.807) is 39.0 Å². The van der Waals surface area contributed by atoms with Gasteiger partial charge in [0.05, 0.1) is 6.04 Å². The molecule has 2 aromatic carbocycles. The lowest BCUT2D eigenvalue weighted by atomic mass is 9.87. The minimum Gasteiger partial charge on any atom is -0.481 e. The summed E-state index contributed by atoms with van der Waals surface area (Å²) < 4.78 is 37.5. The fraction of sp³-hybridized carbons (Fsp3) is 0.615. The maximum atomic E-state index is 13.8. The molecule has 2 unspecified atom stereocenters. The number of halogens is 2. The second kappa shape index (κ2) is 24.1. The molecule has 3 amide bonds. The van der Waals surface area contributed by atoms with Gasteiger partial charge in [-0.25, -0.2) is 18.4 Å². The molecule has 2 aliphatic carbocycles. The van der Waals surface area contributed by atoms with E-state index in [1.165, 1.54) is 51.5 Å². The summed E-state index contributed by atoms with van der Waals surface area (Å²) in [6.07, 6.45) is 8.11. The SMILES string of the molecule is CC(C)(C)OC(=O)NCCCCC(=O)O.CC(C)CC1C2=C(CCN1C(=O)CCCCNC(=O)OC(C)(C)C)c1cc(F)ccc1C2.CC(C)CC1NCCC2=C1Cc1ccc(F)cc12. The number of ether oxygens (including phenoxy) is 2. The molecule has 0 saturated carbocycles. The third kappa shape index (κ3) is 17.2. The van der Waals surface area contributed by atoms with Crippen molar-refractivity contribution in [1.82, 2.24) is 20.9 Å². The number of benzene rings is 2. The number of rotatable bonds is 14. The normalized spacial score (nSPS) is 17.5. The summed E-state index contributed by atoms with van der Waals surface area (Å²) in [6, 6.07) is 10.9. The van der Waals surface area contributed by atoms with Crippen LogP contribution in [0, 0.1) is 23.5 Å². The first-order chi connectivity index (χ1) is 30.5. The molecule has 2 atom stereocenters. The Hall–Kier alpha value is -4.78. The molecule has 0 radical (unpaired) electrons. The standard InChI is InChI=1S/C26H37FN2O3.C16H20FN.C10H19NO4/c1-17(2)14-23-22-15-18-9-10-19(27)16-21(18)20(22)11-13-29(23)24(30)8-6-7-12-28-25(31)32-26(3,4)5;1-10(2)7-16-15-8-11-3-4-12(17)9-14(11)13(15)5-6-18-16;1-10(2,3)15-9(14)11-7-5-4-6-8(12)13/h9-10,16-17,23H,6-8,11-15H2,1-5H3,(H,28,31);3-4,9-10,16,18H,5-8H2,1-2H3;4-7H2,1-3H3,(H,11,14)(H,12,13). The monoisotopic (exact) mass is 907 g/mol. The van der Waals surface area contributed by atoms with E-state index in [1.807, 2.05) is 37.8 Å². The van der Waals surface area contributed by atoms with Gasteiger partial charge < -0.3 is 35.4 Å². The summed E-state index contributed by atoms with van der Waals surface area (Å²) in [5.41, 5.74) is 9.14. The minimum absolute atomic E-state index is 0.0848. The largest absolute Gasteiger partial charge is 0.481 e. The summed E-state index contributed by atoms with van der Waals surface area (Å²) in [5.74, 6) is 0.196. The van der Waals surface area contributed by atoms with Crippen molar-refractivity contribution in [3.63, 3.8) is 0 Å². The molecular weight excluding hydrogens is 831 g/mol. The number of unbranched alkanes of at least 4 members (excludes halogenated alkanes) is 2. The number of amides is 3. The number of hydrogen-bond acceptors (Lipinski definition) is 7. The summed E-state index contributed by atoms with van der Waals surface area (Å²) >= 11 is 0. The number of alkyl carbamates (subject to hydrolysis) is 2.